The van der Waals surface area contributed by atoms with Crippen LogP contribution in [-0.2, 0) is 10.0 Å². The fraction of sp³-hybridized carbons (Fsp3) is 0.294. The van der Waals surface area contributed by atoms with Crippen molar-refractivity contribution in [3.05, 3.63) is 42.1 Å². The molecule has 0 aliphatic carbocycles. The van der Waals surface area contributed by atoms with Gasteiger partial charge in [-0.15, -0.1) is 0 Å². The zero-order chi connectivity index (χ0) is 18.7. The largest absolute Gasteiger partial charge is 0.493 e. The molecule has 0 amide bonds. The molecule has 1 fully saturated rings. The molecule has 3 rings (SSSR count). The van der Waals surface area contributed by atoms with Crippen molar-refractivity contribution in [2.24, 2.45) is 0 Å². The van der Waals surface area contributed by atoms with E-state index in [-0.39, 0.29) is 24.1 Å². The number of ether oxygens (including phenoxy) is 3. The van der Waals surface area contributed by atoms with E-state index in [1.165, 1.54) is 42.9 Å². The maximum Gasteiger partial charge on any atom is 0.243 e. The number of pyridine rings is 1. The lowest BCUT2D eigenvalue weighted by atomic mass is 10.2. The smallest absolute Gasteiger partial charge is 0.243 e. The first kappa shape index (κ1) is 18.0. The molecule has 0 saturated carbocycles. The van der Waals surface area contributed by atoms with Gasteiger partial charge in [0.05, 0.1) is 43.8 Å². The topological polar surface area (TPSA) is 102 Å². The van der Waals surface area contributed by atoms with Gasteiger partial charge in [-0.1, -0.05) is 0 Å². The highest BCUT2D eigenvalue weighted by atomic mass is 32.2. The van der Waals surface area contributed by atoms with Gasteiger partial charge in [0.15, 0.2) is 11.5 Å². The van der Waals surface area contributed by atoms with E-state index in [9.17, 15) is 8.42 Å². The normalized spacial score (nSPS) is 15.0. The average Bonchev–Trinajstić information content (AvgIpc) is 2.63. The first-order valence-corrected chi connectivity index (χ1v) is 9.17. The van der Waals surface area contributed by atoms with E-state index < -0.39 is 10.0 Å². The van der Waals surface area contributed by atoms with Gasteiger partial charge in [0.1, 0.15) is 6.10 Å². The highest BCUT2D eigenvalue weighted by Crippen LogP contribution is 2.32. The predicted octanol–water partition coefficient (Wildman–Crippen LogP) is 1.42. The summed E-state index contributed by atoms with van der Waals surface area (Å²) in [4.78, 5) is 4.15. The van der Waals surface area contributed by atoms with Gasteiger partial charge in [-0.25, -0.2) is 13.4 Å². The molecule has 9 heteroatoms. The van der Waals surface area contributed by atoms with Gasteiger partial charge in [-0.3, -0.25) is 0 Å². The van der Waals surface area contributed by atoms with E-state index in [0.717, 1.165) is 0 Å². The first-order valence-electron chi connectivity index (χ1n) is 7.73. The third-order valence-electron chi connectivity index (χ3n) is 3.96. The lowest BCUT2D eigenvalue weighted by Gasteiger charge is -2.37. The molecule has 1 aromatic carbocycles. The molecule has 2 heterocycles. The van der Waals surface area contributed by atoms with Crippen molar-refractivity contribution < 1.29 is 22.6 Å². The number of rotatable bonds is 6. The van der Waals surface area contributed by atoms with Crippen molar-refractivity contribution in [1.29, 1.82) is 5.26 Å². The minimum Gasteiger partial charge on any atom is -0.493 e. The van der Waals surface area contributed by atoms with Crippen molar-refractivity contribution in [1.82, 2.24) is 9.29 Å². The highest BCUT2D eigenvalue weighted by molar-refractivity contribution is 7.89. The van der Waals surface area contributed by atoms with Crippen LogP contribution >= 0.6 is 0 Å². The monoisotopic (exact) mass is 375 g/mol. The summed E-state index contributed by atoms with van der Waals surface area (Å²) in [6, 6.07) is 9.55. The van der Waals surface area contributed by atoms with Gasteiger partial charge in [-0.2, -0.15) is 9.57 Å². The predicted molar refractivity (Wildman–Crippen MR) is 91.7 cm³/mol. The van der Waals surface area contributed by atoms with Crippen LogP contribution in [0.4, 0.5) is 0 Å². The molecule has 136 valence electrons. The van der Waals surface area contributed by atoms with E-state index in [1.807, 2.05) is 6.07 Å². The number of hydrogen-bond acceptors (Lipinski definition) is 7. The van der Waals surface area contributed by atoms with E-state index in [0.29, 0.717) is 22.9 Å². The van der Waals surface area contributed by atoms with Gasteiger partial charge in [0.25, 0.3) is 0 Å². The Morgan fingerprint density at radius 2 is 1.88 bits per heavy atom. The number of methoxy groups -OCH3 is 2. The molecule has 0 bridgehead atoms. The van der Waals surface area contributed by atoms with Crippen molar-refractivity contribution in [3.8, 4) is 23.4 Å². The minimum atomic E-state index is -3.65. The van der Waals surface area contributed by atoms with E-state index in [2.05, 4.69) is 4.98 Å². The standard InChI is InChI=1S/C17H17N3O5S/c1-23-15-4-3-14(8-16(15)24-2)26(21,22)20-10-13(11-20)25-17-7-12(9-18)5-6-19-17/h3-8,13H,10-11H2,1-2H3. The van der Waals surface area contributed by atoms with Gasteiger partial charge in [-0.05, 0) is 18.2 Å². The number of benzene rings is 1. The van der Waals surface area contributed by atoms with Crippen LogP contribution in [0.15, 0.2) is 41.4 Å². The van der Waals surface area contributed by atoms with E-state index in [1.54, 1.807) is 12.1 Å². The first-order chi connectivity index (χ1) is 12.5. The van der Waals surface area contributed by atoms with Gasteiger partial charge in [0.2, 0.25) is 15.9 Å². The second-order valence-electron chi connectivity index (χ2n) is 5.57. The summed E-state index contributed by atoms with van der Waals surface area (Å²) in [5, 5.41) is 8.88. The second kappa shape index (κ2) is 7.19. The van der Waals surface area contributed by atoms with Crippen LogP contribution in [0.5, 0.6) is 17.4 Å². The van der Waals surface area contributed by atoms with Gasteiger partial charge < -0.3 is 14.2 Å². The van der Waals surface area contributed by atoms with Crippen molar-refractivity contribution in [2.45, 2.75) is 11.0 Å². The van der Waals surface area contributed by atoms with Crippen LogP contribution in [0.1, 0.15) is 5.56 Å². The second-order valence-corrected chi connectivity index (χ2v) is 7.51. The summed E-state index contributed by atoms with van der Waals surface area (Å²) in [6.45, 7) is 0.407. The number of hydrogen-bond donors (Lipinski definition) is 0. The summed E-state index contributed by atoms with van der Waals surface area (Å²) in [6.07, 6.45) is 1.16. The Morgan fingerprint density at radius 1 is 1.15 bits per heavy atom. The molecular formula is C17H17N3O5S. The number of nitriles is 1. The molecule has 8 nitrogen and oxygen atoms in total. The van der Waals surface area contributed by atoms with Crippen LogP contribution in [0.25, 0.3) is 0 Å². The molecule has 0 radical (unpaired) electrons. The third kappa shape index (κ3) is 3.42. The van der Waals surface area contributed by atoms with Crippen LogP contribution in [0.3, 0.4) is 0 Å². The minimum absolute atomic E-state index is 0.123. The Hall–Kier alpha value is -2.83. The Morgan fingerprint density at radius 3 is 2.54 bits per heavy atom. The molecule has 2 aromatic rings. The van der Waals surface area contributed by atoms with Crippen LogP contribution < -0.4 is 14.2 Å². The summed E-state index contributed by atoms with van der Waals surface area (Å²) in [5.74, 6) is 1.11. The van der Waals surface area contributed by atoms with Crippen molar-refractivity contribution in [3.63, 3.8) is 0 Å². The fourth-order valence-electron chi connectivity index (χ4n) is 2.51. The van der Waals surface area contributed by atoms with Crippen LogP contribution in [-0.4, -0.2) is 51.1 Å². The number of nitrogens with zero attached hydrogens (tertiary/aromatic N) is 3. The molecule has 0 atom stereocenters. The average molecular weight is 375 g/mol. The summed E-state index contributed by atoms with van der Waals surface area (Å²) in [7, 11) is -0.719. The molecule has 1 aliphatic heterocycles. The molecule has 1 aliphatic rings. The van der Waals surface area contributed by atoms with E-state index in [4.69, 9.17) is 19.5 Å². The lowest BCUT2D eigenvalue weighted by Crippen LogP contribution is -2.56. The summed E-state index contributed by atoms with van der Waals surface area (Å²) < 4.78 is 42.6. The number of sulfonamides is 1. The summed E-state index contributed by atoms with van der Waals surface area (Å²) >= 11 is 0. The molecular weight excluding hydrogens is 358 g/mol. The van der Waals surface area contributed by atoms with Gasteiger partial charge >= 0.3 is 0 Å². The highest BCUT2D eigenvalue weighted by Gasteiger charge is 2.38. The maximum absolute atomic E-state index is 12.7. The molecule has 0 N–H and O–H groups in total. The van der Waals surface area contributed by atoms with Crippen LogP contribution in [0, 0.1) is 11.3 Å². The van der Waals surface area contributed by atoms with E-state index >= 15 is 0 Å². The Balaban J connectivity index is 1.68. The molecule has 0 unspecified atom stereocenters. The number of aromatic nitrogens is 1. The van der Waals surface area contributed by atoms with Crippen LogP contribution in [0.2, 0.25) is 0 Å². The van der Waals surface area contributed by atoms with Gasteiger partial charge in [0, 0.05) is 18.3 Å². The Bertz CT molecular complexity index is 949. The quantitative estimate of drug-likeness (QED) is 0.752. The Labute approximate surface area is 151 Å². The maximum atomic E-state index is 12.7. The molecule has 26 heavy (non-hydrogen) atoms. The molecule has 1 aromatic heterocycles. The zero-order valence-corrected chi connectivity index (χ0v) is 15.1. The lowest BCUT2D eigenvalue weighted by molar-refractivity contribution is 0.0720. The Kier molecular flexibility index (Phi) is 4.97. The summed E-state index contributed by atoms with van der Waals surface area (Å²) in [5.41, 5.74) is 0.434. The third-order valence-corrected chi connectivity index (χ3v) is 5.79. The zero-order valence-electron chi connectivity index (χ0n) is 14.2. The molecule has 1 saturated heterocycles. The van der Waals surface area contributed by atoms with Crippen molar-refractivity contribution in [2.75, 3.05) is 27.3 Å². The molecule has 0 spiro atoms. The fourth-order valence-corrected chi connectivity index (χ4v) is 4.03. The SMILES string of the molecule is COc1ccc(S(=O)(=O)N2CC(Oc3cc(C#N)ccn3)C2)cc1OC. The van der Waals surface area contributed by atoms with Crippen molar-refractivity contribution >= 4 is 10.0 Å².